The summed E-state index contributed by atoms with van der Waals surface area (Å²) >= 11 is 0. The molecule has 0 aromatic carbocycles. The quantitative estimate of drug-likeness (QED) is 0.604. The van der Waals surface area contributed by atoms with Crippen LogP contribution in [0.2, 0.25) is 0 Å². The maximum absolute atomic E-state index is 9.27. The first kappa shape index (κ1) is 10.9. The summed E-state index contributed by atoms with van der Waals surface area (Å²) in [4.78, 5) is 0. The van der Waals surface area contributed by atoms with Gasteiger partial charge < -0.3 is 20.3 Å². The van der Waals surface area contributed by atoms with Crippen molar-refractivity contribution in [2.75, 3.05) is 26.9 Å². The van der Waals surface area contributed by atoms with Gasteiger partial charge in [-0.25, -0.2) is 0 Å². The molecule has 0 bridgehead atoms. The molecule has 3 N–H and O–H groups in total. The number of rotatable bonds is 6. The first-order chi connectivity index (χ1) is 6.26. The van der Waals surface area contributed by atoms with Gasteiger partial charge in [0, 0.05) is 7.11 Å². The Labute approximate surface area is 79.0 Å². The molecule has 4 nitrogen and oxygen atoms in total. The number of nitrogens with two attached hydrogens (primary N) is 1. The summed E-state index contributed by atoms with van der Waals surface area (Å²) in [6.45, 7) is 1.46. The molecule has 0 spiro atoms. The maximum atomic E-state index is 9.27. The molecule has 1 atom stereocenters. The molecule has 0 aromatic rings. The third kappa shape index (κ3) is 3.60. The molecule has 1 rings (SSSR count). The Kier molecular flexibility index (Phi) is 4.66. The summed E-state index contributed by atoms with van der Waals surface area (Å²) in [5.41, 5.74) is 5.47. The van der Waals surface area contributed by atoms with Crippen LogP contribution in [-0.2, 0) is 9.47 Å². The highest BCUT2D eigenvalue weighted by atomic mass is 16.5. The first-order valence-corrected chi connectivity index (χ1v) is 4.75. The average Bonchev–Trinajstić information content (AvgIpc) is 2.02. The molecule has 1 aliphatic rings. The Hall–Kier alpha value is -0.160. The summed E-state index contributed by atoms with van der Waals surface area (Å²) in [7, 11) is 1.57. The van der Waals surface area contributed by atoms with E-state index in [0.717, 1.165) is 19.4 Å². The van der Waals surface area contributed by atoms with E-state index in [0.29, 0.717) is 25.2 Å². The molecule has 0 aliphatic heterocycles. The van der Waals surface area contributed by atoms with Gasteiger partial charge in [0.25, 0.3) is 0 Å². The van der Waals surface area contributed by atoms with Crippen molar-refractivity contribution in [3.8, 4) is 0 Å². The van der Waals surface area contributed by atoms with Crippen LogP contribution >= 0.6 is 0 Å². The van der Waals surface area contributed by atoms with E-state index in [1.54, 1.807) is 7.11 Å². The zero-order chi connectivity index (χ0) is 9.68. The van der Waals surface area contributed by atoms with Crippen LogP contribution in [0.15, 0.2) is 0 Å². The SMILES string of the molecule is COCC(O)COC1CC(CN)C1. The van der Waals surface area contributed by atoms with Gasteiger partial charge in [0.2, 0.25) is 0 Å². The highest BCUT2D eigenvalue weighted by Gasteiger charge is 2.28. The second-order valence-corrected chi connectivity index (χ2v) is 3.64. The number of aliphatic hydroxyl groups excluding tert-OH is 1. The fourth-order valence-electron chi connectivity index (χ4n) is 1.49. The second kappa shape index (κ2) is 5.54. The number of hydrogen-bond acceptors (Lipinski definition) is 4. The number of ether oxygens (including phenoxy) is 2. The van der Waals surface area contributed by atoms with Crippen molar-refractivity contribution >= 4 is 0 Å². The van der Waals surface area contributed by atoms with Gasteiger partial charge in [-0.15, -0.1) is 0 Å². The minimum atomic E-state index is -0.498. The number of hydrogen-bond donors (Lipinski definition) is 2. The first-order valence-electron chi connectivity index (χ1n) is 4.75. The maximum Gasteiger partial charge on any atom is 0.101 e. The standard InChI is InChI=1S/C9H19NO3/c1-12-5-8(11)6-13-9-2-7(3-9)4-10/h7-9,11H,2-6,10H2,1H3. The summed E-state index contributed by atoms with van der Waals surface area (Å²) < 4.78 is 10.2. The molecule has 1 fully saturated rings. The minimum absolute atomic E-state index is 0.306. The fraction of sp³-hybridized carbons (Fsp3) is 1.00. The van der Waals surface area contributed by atoms with E-state index in [4.69, 9.17) is 15.2 Å². The van der Waals surface area contributed by atoms with E-state index in [1.807, 2.05) is 0 Å². The predicted octanol–water partition coefficient (Wildman–Crippen LogP) is -0.252. The smallest absolute Gasteiger partial charge is 0.101 e. The third-order valence-corrected chi connectivity index (χ3v) is 2.41. The molecule has 0 aromatic heterocycles. The van der Waals surface area contributed by atoms with E-state index in [1.165, 1.54) is 0 Å². The molecular formula is C9H19NO3. The van der Waals surface area contributed by atoms with Crippen LogP contribution in [0.5, 0.6) is 0 Å². The topological polar surface area (TPSA) is 64.7 Å². The molecule has 0 saturated heterocycles. The van der Waals surface area contributed by atoms with Crippen molar-refractivity contribution in [3.05, 3.63) is 0 Å². The van der Waals surface area contributed by atoms with Crippen molar-refractivity contribution in [3.63, 3.8) is 0 Å². The highest BCUT2D eigenvalue weighted by Crippen LogP contribution is 2.28. The zero-order valence-corrected chi connectivity index (χ0v) is 8.11. The molecule has 13 heavy (non-hydrogen) atoms. The molecule has 4 heteroatoms. The molecular weight excluding hydrogens is 170 g/mol. The Morgan fingerprint density at radius 2 is 2.15 bits per heavy atom. The van der Waals surface area contributed by atoms with Crippen molar-refractivity contribution in [2.45, 2.75) is 25.0 Å². The van der Waals surface area contributed by atoms with Gasteiger partial charge >= 0.3 is 0 Å². The van der Waals surface area contributed by atoms with Crippen molar-refractivity contribution < 1.29 is 14.6 Å². The van der Waals surface area contributed by atoms with Crippen molar-refractivity contribution in [1.29, 1.82) is 0 Å². The summed E-state index contributed by atoms with van der Waals surface area (Å²) in [5.74, 6) is 0.629. The Morgan fingerprint density at radius 1 is 1.46 bits per heavy atom. The van der Waals surface area contributed by atoms with Crippen LogP contribution in [0.25, 0.3) is 0 Å². The monoisotopic (exact) mass is 189 g/mol. The van der Waals surface area contributed by atoms with E-state index in [9.17, 15) is 5.11 Å². The molecule has 78 valence electrons. The second-order valence-electron chi connectivity index (χ2n) is 3.64. The summed E-state index contributed by atoms with van der Waals surface area (Å²) in [5, 5.41) is 9.27. The van der Waals surface area contributed by atoms with Crippen LogP contribution in [0.3, 0.4) is 0 Å². The largest absolute Gasteiger partial charge is 0.388 e. The lowest BCUT2D eigenvalue weighted by Crippen LogP contribution is -2.37. The van der Waals surface area contributed by atoms with Crippen molar-refractivity contribution in [2.24, 2.45) is 11.7 Å². The van der Waals surface area contributed by atoms with E-state index in [-0.39, 0.29) is 0 Å². The van der Waals surface area contributed by atoms with Gasteiger partial charge in [-0.1, -0.05) is 0 Å². The fourth-order valence-corrected chi connectivity index (χ4v) is 1.49. The van der Waals surface area contributed by atoms with E-state index >= 15 is 0 Å². The average molecular weight is 189 g/mol. The van der Waals surface area contributed by atoms with Crippen LogP contribution in [0, 0.1) is 5.92 Å². The van der Waals surface area contributed by atoms with Crippen LogP contribution in [0.4, 0.5) is 0 Å². The van der Waals surface area contributed by atoms with Crippen LogP contribution < -0.4 is 5.73 Å². The van der Waals surface area contributed by atoms with Gasteiger partial charge in [-0.2, -0.15) is 0 Å². The lowest BCUT2D eigenvalue weighted by Gasteiger charge is -2.34. The van der Waals surface area contributed by atoms with Gasteiger partial charge in [-0.05, 0) is 25.3 Å². The lowest BCUT2D eigenvalue weighted by molar-refractivity contribution is -0.0759. The normalized spacial score (nSPS) is 29.8. The predicted molar refractivity (Wildman–Crippen MR) is 49.4 cm³/mol. The molecule has 0 heterocycles. The Balaban J connectivity index is 1.95. The summed E-state index contributed by atoms with van der Waals surface area (Å²) in [6, 6.07) is 0. The molecule has 0 amide bonds. The number of aliphatic hydroxyl groups is 1. The minimum Gasteiger partial charge on any atom is -0.388 e. The molecule has 1 aliphatic carbocycles. The zero-order valence-electron chi connectivity index (χ0n) is 8.11. The van der Waals surface area contributed by atoms with Gasteiger partial charge in [0.05, 0.1) is 19.3 Å². The molecule has 1 saturated carbocycles. The van der Waals surface area contributed by atoms with Gasteiger partial charge in [0.15, 0.2) is 0 Å². The number of methoxy groups -OCH3 is 1. The molecule has 0 radical (unpaired) electrons. The van der Waals surface area contributed by atoms with Gasteiger partial charge in [-0.3, -0.25) is 0 Å². The van der Waals surface area contributed by atoms with E-state index < -0.39 is 6.10 Å². The van der Waals surface area contributed by atoms with Crippen LogP contribution in [-0.4, -0.2) is 44.2 Å². The molecule has 1 unspecified atom stereocenters. The van der Waals surface area contributed by atoms with Crippen molar-refractivity contribution in [1.82, 2.24) is 0 Å². The highest BCUT2D eigenvalue weighted by molar-refractivity contribution is 4.80. The summed E-state index contributed by atoms with van der Waals surface area (Å²) in [6.07, 6.45) is 1.88. The Bertz CT molecular complexity index is 137. The van der Waals surface area contributed by atoms with Gasteiger partial charge in [0.1, 0.15) is 6.10 Å². The van der Waals surface area contributed by atoms with Crippen LogP contribution in [0.1, 0.15) is 12.8 Å². The lowest BCUT2D eigenvalue weighted by atomic mass is 9.82. The Morgan fingerprint density at radius 3 is 2.69 bits per heavy atom. The van der Waals surface area contributed by atoms with E-state index in [2.05, 4.69) is 0 Å². The third-order valence-electron chi connectivity index (χ3n) is 2.41.